The highest BCUT2D eigenvalue weighted by Gasteiger charge is 2.36. The van der Waals surface area contributed by atoms with E-state index in [4.69, 9.17) is 0 Å². The molecule has 0 aromatic rings. The van der Waals surface area contributed by atoms with Crippen LogP contribution in [-0.2, 0) is 0 Å². The van der Waals surface area contributed by atoms with Crippen molar-refractivity contribution in [1.29, 1.82) is 0 Å². The van der Waals surface area contributed by atoms with Crippen LogP contribution in [0.1, 0.15) is 53.4 Å². The highest BCUT2D eigenvalue weighted by atomic mass is 15.2. The lowest BCUT2D eigenvalue weighted by Crippen LogP contribution is -2.59. The number of nitrogens with zero attached hydrogens (tertiary/aromatic N) is 1. The lowest BCUT2D eigenvalue weighted by Gasteiger charge is -2.45. The molecule has 0 radical (unpaired) electrons. The lowest BCUT2D eigenvalue weighted by molar-refractivity contribution is 0.0685. The predicted molar refractivity (Wildman–Crippen MR) is 71.8 cm³/mol. The Morgan fingerprint density at radius 1 is 1.00 bits per heavy atom. The summed E-state index contributed by atoms with van der Waals surface area (Å²) in [5, 5.41) is 3.52. The molecule has 0 spiro atoms. The summed E-state index contributed by atoms with van der Waals surface area (Å²) >= 11 is 0. The molecule has 1 heterocycles. The van der Waals surface area contributed by atoms with Crippen LogP contribution >= 0.6 is 0 Å². The van der Waals surface area contributed by atoms with Crippen LogP contribution in [0, 0.1) is 5.92 Å². The molecule has 16 heavy (non-hydrogen) atoms. The molecule has 96 valence electrons. The Kier molecular flexibility index (Phi) is 5.26. The largest absolute Gasteiger partial charge is 0.315 e. The minimum absolute atomic E-state index is 0.271. The average Bonchev–Trinajstić information content (AvgIpc) is 2.45. The highest BCUT2D eigenvalue weighted by Crippen LogP contribution is 2.26. The zero-order valence-corrected chi connectivity index (χ0v) is 11.8. The predicted octanol–water partition coefficient (Wildman–Crippen LogP) is 2.89. The Morgan fingerprint density at radius 2 is 1.50 bits per heavy atom. The maximum Gasteiger partial charge on any atom is 0.0308 e. The molecule has 0 aromatic carbocycles. The molecule has 0 saturated carbocycles. The Balaban J connectivity index is 2.72. The van der Waals surface area contributed by atoms with Crippen molar-refractivity contribution in [2.24, 2.45) is 5.92 Å². The molecule has 0 aliphatic carbocycles. The minimum atomic E-state index is 0.271. The van der Waals surface area contributed by atoms with Gasteiger partial charge < -0.3 is 5.32 Å². The van der Waals surface area contributed by atoms with Crippen LogP contribution in [0.2, 0.25) is 0 Å². The summed E-state index contributed by atoms with van der Waals surface area (Å²) in [6, 6.07) is 0.575. The summed E-state index contributed by atoms with van der Waals surface area (Å²) in [5.41, 5.74) is 0.271. The van der Waals surface area contributed by atoms with Crippen molar-refractivity contribution in [3.8, 4) is 0 Å². The van der Waals surface area contributed by atoms with Crippen LogP contribution in [0.5, 0.6) is 0 Å². The molecular formula is C14H30N2. The van der Waals surface area contributed by atoms with E-state index in [1.54, 1.807) is 0 Å². The first kappa shape index (κ1) is 14.0. The van der Waals surface area contributed by atoms with E-state index < -0.39 is 0 Å². The fourth-order valence-electron chi connectivity index (χ4n) is 3.35. The Morgan fingerprint density at radius 3 is 1.88 bits per heavy atom. The van der Waals surface area contributed by atoms with Crippen LogP contribution in [0.25, 0.3) is 0 Å². The molecule has 1 N–H and O–H groups in total. The number of nitrogens with one attached hydrogen (secondary N) is 1. The second-order valence-corrected chi connectivity index (χ2v) is 6.07. The second kappa shape index (κ2) is 6.02. The molecule has 1 unspecified atom stereocenters. The van der Waals surface area contributed by atoms with Gasteiger partial charge in [-0.3, -0.25) is 4.90 Å². The number of hydrogen-bond acceptors (Lipinski definition) is 2. The first-order valence-corrected chi connectivity index (χ1v) is 6.92. The highest BCUT2D eigenvalue weighted by molar-refractivity contribution is 4.95. The second-order valence-electron chi connectivity index (χ2n) is 6.07. The van der Waals surface area contributed by atoms with E-state index in [2.05, 4.69) is 45.0 Å². The van der Waals surface area contributed by atoms with Crippen molar-refractivity contribution in [1.82, 2.24) is 10.2 Å². The molecule has 0 bridgehead atoms. The van der Waals surface area contributed by atoms with Gasteiger partial charge in [0.25, 0.3) is 0 Å². The first-order chi connectivity index (χ1) is 7.50. The smallest absolute Gasteiger partial charge is 0.0308 e. The normalized spacial score (nSPS) is 22.1. The van der Waals surface area contributed by atoms with E-state index in [0.717, 1.165) is 0 Å². The zero-order chi connectivity index (χ0) is 12.2. The fraction of sp³-hybridized carbons (Fsp3) is 1.00. The van der Waals surface area contributed by atoms with Crippen molar-refractivity contribution in [3.05, 3.63) is 0 Å². The van der Waals surface area contributed by atoms with Crippen LogP contribution in [0.3, 0.4) is 0 Å². The van der Waals surface area contributed by atoms with E-state index >= 15 is 0 Å². The number of rotatable bonds is 4. The first-order valence-electron chi connectivity index (χ1n) is 6.92. The molecule has 1 aliphatic rings. The summed E-state index contributed by atoms with van der Waals surface area (Å²) in [6.07, 6.45) is 5.58. The third kappa shape index (κ3) is 3.21. The summed E-state index contributed by atoms with van der Waals surface area (Å²) in [4.78, 5) is 2.70. The maximum absolute atomic E-state index is 3.52. The summed E-state index contributed by atoms with van der Waals surface area (Å²) in [7, 11) is 2.10. The summed E-state index contributed by atoms with van der Waals surface area (Å²) in [6.45, 7) is 12.0. The van der Waals surface area contributed by atoms with E-state index in [9.17, 15) is 0 Å². The molecule has 1 fully saturated rings. The van der Waals surface area contributed by atoms with Crippen LogP contribution < -0.4 is 5.32 Å². The summed E-state index contributed by atoms with van der Waals surface area (Å²) < 4.78 is 0. The van der Waals surface area contributed by atoms with Crippen molar-refractivity contribution < 1.29 is 0 Å². The molecular weight excluding hydrogens is 196 g/mol. The number of hydrogen-bond donors (Lipinski definition) is 1. The van der Waals surface area contributed by atoms with Gasteiger partial charge in [-0.2, -0.15) is 0 Å². The van der Waals surface area contributed by atoms with Crippen molar-refractivity contribution >= 4 is 0 Å². The quantitative estimate of drug-likeness (QED) is 0.793. The maximum atomic E-state index is 3.52. The lowest BCUT2D eigenvalue weighted by atomic mass is 9.84. The Hall–Kier alpha value is -0.0800. The SMILES string of the molecule is CNC(C(C)C)C(C)(C)N1CCCCCC1. The third-order valence-electron chi connectivity index (χ3n) is 4.16. The van der Waals surface area contributed by atoms with Gasteiger partial charge in [-0.15, -0.1) is 0 Å². The fourth-order valence-corrected chi connectivity index (χ4v) is 3.35. The third-order valence-corrected chi connectivity index (χ3v) is 4.16. The molecule has 0 amide bonds. The number of likely N-dealkylation sites (N-methyl/N-ethyl adjacent to an activating group) is 1. The van der Waals surface area contributed by atoms with Gasteiger partial charge in [0.1, 0.15) is 0 Å². The van der Waals surface area contributed by atoms with E-state index in [1.165, 1.54) is 38.8 Å². The topological polar surface area (TPSA) is 15.3 Å². The molecule has 2 nitrogen and oxygen atoms in total. The van der Waals surface area contributed by atoms with Crippen LogP contribution in [0.4, 0.5) is 0 Å². The minimum Gasteiger partial charge on any atom is -0.315 e. The van der Waals surface area contributed by atoms with E-state index in [0.29, 0.717) is 12.0 Å². The standard InChI is InChI=1S/C14H30N2/c1-12(2)13(15-5)14(3,4)16-10-8-6-7-9-11-16/h12-13,15H,6-11H2,1-5H3. The zero-order valence-electron chi connectivity index (χ0n) is 11.8. The molecule has 1 rings (SSSR count). The Labute approximate surface area is 102 Å². The van der Waals surface area contributed by atoms with Gasteiger partial charge in [0.15, 0.2) is 0 Å². The van der Waals surface area contributed by atoms with Gasteiger partial charge >= 0.3 is 0 Å². The van der Waals surface area contributed by atoms with Crippen molar-refractivity contribution in [2.45, 2.75) is 65.0 Å². The van der Waals surface area contributed by atoms with Gasteiger partial charge in [0, 0.05) is 11.6 Å². The van der Waals surface area contributed by atoms with E-state index in [-0.39, 0.29) is 5.54 Å². The van der Waals surface area contributed by atoms with Gasteiger partial charge in [0.05, 0.1) is 0 Å². The van der Waals surface area contributed by atoms with Crippen LogP contribution in [-0.4, -0.2) is 36.6 Å². The molecule has 2 heteroatoms. The summed E-state index contributed by atoms with van der Waals surface area (Å²) in [5.74, 6) is 0.684. The van der Waals surface area contributed by atoms with Gasteiger partial charge in [0.2, 0.25) is 0 Å². The van der Waals surface area contributed by atoms with E-state index in [1.807, 2.05) is 0 Å². The monoisotopic (exact) mass is 226 g/mol. The van der Waals surface area contributed by atoms with Crippen molar-refractivity contribution in [2.75, 3.05) is 20.1 Å². The van der Waals surface area contributed by atoms with Gasteiger partial charge in [-0.1, -0.05) is 26.7 Å². The Bertz CT molecular complexity index is 191. The average molecular weight is 226 g/mol. The van der Waals surface area contributed by atoms with Crippen LogP contribution in [0.15, 0.2) is 0 Å². The molecule has 0 aromatic heterocycles. The molecule has 1 atom stereocenters. The number of likely N-dealkylation sites (tertiary alicyclic amines) is 1. The van der Waals surface area contributed by atoms with Gasteiger partial charge in [-0.25, -0.2) is 0 Å². The molecule has 1 aliphatic heterocycles. The van der Waals surface area contributed by atoms with Gasteiger partial charge in [-0.05, 0) is 52.7 Å². The molecule has 1 saturated heterocycles. The van der Waals surface area contributed by atoms with Crippen molar-refractivity contribution in [3.63, 3.8) is 0 Å².